The Balaban J connectivity index is 4.15. The van der Waals surface area contributed by atoms with Gasteiger partial charge < -0.3 is 14.2 Å². The average Bonchev–Trinajstić information content (AvgIpc) is 3.12. The van der Waals surface area contributed by atoms with Crippen LogP contribution in [0.15, 0.2) is 0 Å². The summed E-state index contributed by atoms with van der Waals surface area (Å²) in [6, 6.07) is 0. The van der Waals surface area contributed by atoms with Gasteiger partial charge >= 0.3 is 17.9 Å². The third-order valence-corrected chi connectivity index (χ3v) is 10.3. The lowest BCUT2D eigenvalue weighted by Crippen LogP contribution is -2.30. The van der Waals surface area contributed by atoms with E-state index in [4.69, 9.17) is 14.2 Å². The number of hydrogen-bond acceptors (Lipinski definition) is 6. The molecule has 0 aliphatic rings. The van der Waals surface area contributed by atoms with Gasteiger partial charge in [-0.25, -0.2) is 0 Å². The average molecular weight is 737 g/mol. The molecular weight excluding hydrogens is 649 g/mol. The molecule has 0 aromatic heterocycles. The molecule has 0 saturated carbocycles. The largest absolute Gasteiger partial charge is 0.462 e. The fraction of sp³-hybridized carbons (Fsp3) is 0.935. The number of carbonyl (C=O) groups excluding carboxylic acids is 3. The molecule has 0 fully saturated rings. The first kappa shape index (κ1) is 50.4. The Morgan fingerprint density at radius 3 is 0.942 bits per heavy atom. The second-order valence-electron chi connectivity index (χ2n) is 16.2. The van der Waals surface area contributed by atoms with Crippen molar-refractivity contribution in [1.29, 1.82) is 0 Å². The Morgan fingerprint density at radius 1 is 0.365 bits per heavy atom. The van der Waals surface area contributed by atoms with Crippen LogP contribution in [0.2, 0.25) is 0 Å². The minimum Gasteiger partial charge on any atom is -0.462 e. The van der Waals surface area contributed by atoms with Crippen molar-refractivity contribution in [2.24, 2.45) is 5.92 Å². The van der Waals surface area contributed by atoms with Crippen molar-refractivity contribution < 1.29 is 28.6 Å². The molecule has 0 rings (SSSR count). The van der Waals surface area contributed by atoms with E-state index in [1.54, 1.807) is 0 Å². The molecule has 0 aliphatic carbocycles. The van der Waals surface area contributed by atoms with Crippen molar-refractivity contribution >= 4 is 17.9 Å². The van der Waals surface area contributed by atoms with Crippen molar-refractivity contribution in [3.8, 4) is 0 Å². The molecule has 0 unspecified atom stereocenters. The molecular formula is C46H88O6. The summed E-state index contributed by atoms with van der Waals surface area (Å²) in [5.41, 5.74) is 0. The Morgan fingerprint density at radius 2 is 0.635 bits per heavy atom. The minimum absolute atomic E-state index is 0.0652. The van der Waals surface area contributed by atoms with Crippen molar-refractivity contribution in [3.05, 3.63) is 0 Å². The van der Waals surface area contributed by atoms with Crippen molar-refractivity contribution in [3.63, 3.8) is 0 Å². The van der Waals surface area contributed by atoms with E-state index in [2.05, 4.69) is 27.7 Å². The smallest absolute Gasteiger partial charge is 0.306 e. The van der Waals surface area contributed by atoms with Crippen LogP contribution in [-0.2, 0) is 28.6 Å². The first-order chi connectivity index (χ1) is 25.4. The normalized spacial score (nSPS) is 11.9. The van der Waals surface area contributed by atoms with Crippen LogP contribution in [-0.4, -0.2) is 37.2 Å². The molecule has 0 aromatic carbocycles. The molecule has 0 heterocycles. The molecule has 308 valence electrons. The molecule has 1 atom stereocenters. The summed E-state index contributed by atoms with van der Waals surface area (Å²) in [5.74, 6) is -0.103. The standard InChI is InChI=1S/C46H88O6/c1-5-7-9-11-13-14-15-16-17-18-19-20-21-22-23-25-29-33-37-44(47)50-40-43(52-46(49)39-35-31-24-12-10-8-6-2)41-51-45(48)38-34-30-27-26-28-32-36-42(3)4/h42-43H,5-41H2,1-4H3/t43-/m0/s1. The van der Waals surface area contributed by atoms with Gasteiger partial charge in [-0.3, -0.25) is 14.4 Å². The van der Waals surface area contributed by atoms with Crippen LogP contribution >= 0.6 is 0 Å². The minimum atomic E-state index is -0.758. The van der Waals surface area contributed by atoms with Gasteiger partial charge in [0.05, 0.1) is 0 Å². The highest BCUT2D eigenvalue weighted by molar-refractivity contribution is 5.71. The zero-order valence-electron chi connectivity index (χ0n) is 35.3. The Hall–Kier alpha value is -1.59. The molecule has 0 bridgehead atoms. The van der Waals surface area contributed by atoms with E-state index in [-0.39, 0.29) is 31.1 Å². The van der Waals surface area contributed by atoms with Gasteiger partial charge in [-0.05, 0) is 25.2 Å². The summed E-state index contributed by atoms with van der Waals surface area (Å²) < 4.78 is 16.6. The summed E-state index contributed by atoms with van der Waals surface area (Å²) in [7, 11) is 0. The van der Waals surface area contributed by atoms with E-state index in [0.29, 0.717) is 19.3 Å². The highest BCUT2D eigenvalue weighted by Crippen LogP contribution is 2.16. The predicted octanol–water partition coefficient (Wildman–Crippen LogP) is 14.3. The number of hydrogen-bond donors (Lipinski definition) is 0. The molecule has 0 amide bonds. The maximum atomic E-state index is 12.6. The van der Waals surface area contributed by atoms with Crippen molar-refractivity contribution in [2.45, 2.75) is 259 Å². The van der Waals surface area contributed by atoms with Gasteiger partial charge in [-0.2, -0.15) is 0 Å². The highest BCUT2D eigenvalue weighted by Gasteiger charge is 2.19. The van der Waals surface area contributed by atoms with E-state index >= 15 is 0 Å². The van der Waals surface area contributed by atoms with Crippen LogP contribution in [0, 0.1) is 5.92 Å². The lowest BCUT2D eigenvalue weighted by Gasteiger charge is -2.18. The van der Waals surface area contributed by atoms with Gasteiger partial charge in [0.2, 0.25) is 0 Å². The Labute approximate surface area is 323 Å². The van der Waals surface area contributed by atoms with Gasteiger partial charge in [-0.15, -0.1) is 0 Å². The highest BCUT2D eigenvalue weighted by atomic mass is 16.6. The van der Waals surface area contributed by atoms with E-state index in [1.165, 1.54) is 148 Å². The summed E-state index contributed by atoms with van der Waals surface area (Å²) in [6.45, 7) is 8.89. The molecule has 0 spiro atoms. The lowest BCUT2D eigenvalue weighted by atomic mass is 10.0. The summed E-state index contributed by atoms with van der Waals surface area (Å²) in [4.78, 5) is 37.5. The predicted molar refractivity (Wildman–Crippen MR) is 220 cm³/mol. The van der Waals surface area contributed by atoms with Crippen LogP contribution < -0.4 is 0 Å². The van der Waals surface area contributed by atoms with E-state index in [1.807, 2.05) is 0 Å². The molecule has 6 nitrogen and oxygen atoms in total. The van der Waals surface area contributed by atoms with Gasteiger partial charge in [0, 0.05) is 19.3 Å². The van der Waals surface area contributed by atoms with Crippen molar-refractivity contribution in [2.75, 3.05) is 13.2 Å². The van der Waals surface area contributed by atoms with Crippen LogP contribution in [0.4, 0.5) is 0 Å². The Kier molecular flexibility index (Phi) is 39.4. The van der Waals surface area contributed by atoms with Gasteiger partial charge in [-0.1, -0.05) is 214 Å². The van der Waals surface area contributed by atoms with Crippen LogP contribution in [0.3, 0.4) is 0 Å². The maximum absolute atomic E-state index is 12.6. The first-order valence-electron chi connectivity index (χ1n) is 22.9. The fourth-order valence-corrected chi connectivity index (χ4v) is 6.80. The molecule has 0 radical (unpaired) electrons. The first-order valence-corrected chi connectivity index (χ1v) is 22.9. The van der Waals surface area contributed by atoms with E-state index < -0.39 is 6.10 Å². The molecule has 0 aliphatic heterocycles. The monoisotopic (exact) mass is 737 g/mol. The number of rotatable bonds is 41. The zero-order chi connectivity index (χ0) is 38.2. The SMILES string of the molecule is CCCCCCCCCCCCCCCCCCCCC(=O)OC[C@@H](COC(=O)CCCCCCCCC(C)C)OC(=O)CCCCCCCCC. The maximum Gasteiger partial charge on any atom is 0.306 e. The van der Waals surface area contributed by atoms with Gasteiger partial charge in [0.1, 0.15) is 13.2 Å². The van der Waals surface area contributed by atoms with Crippen molar-refractivity contribution in [1.82, 2.24) is 0 Å². The zero-order valence-corrected chi connectivity index (χ0v) is 35.3. The molecule has 52 heavy (non-hydrogen) atoms. The fourth-order valence-electron chi connectivity index (χ4n) is 6.80. The van der Waals surface area contributed by atoms with Crippen LogP contribution in [0.1, 0.15) is 252 Å². The molecule has 0 saturated heterocycles. The summed E-state index contributed by atoms with van der Waals surface area (Å²) >= 11 is 0. The van der Waals surface area contributed by atoms with E-state index in [0.717, 1.165) is 63.7 Å². The molecule has 6 heteroatoms. The number of unbranched alkanes of at least 4 members (excludes halogenated alkanes) is 28. The van der Waals surface area contributed by atoms with Crippen LogP contribution in [0.25, 0.3) is 0 Å². The van der Waals surface area contributed by atoms with Gasteiger partial charge in [0.15, 0.2) is 6.10 Å². The van der Waals surface area contributed by atoms with Gasteiger partial charge in [0.25, 0.3) is 0 Å². The third-order valence-electron chi connectivity index (χ3n) is 10.3. The number of carbonyl (C=O) groups is 3. The number of esters is 3. The number of ether oxygens (including phenoxy) is 3. The molecule has 0 N–H and O–H groups in total. The Bertz CT molecular complexity index is 781. The van der Waals surface area contributed by atoms with Crippen LogP contribution in [0.5, 0.6) is 0 Å². The second kappa shape index (κ2) is 40.6. The van der Waals surface area contributed by atoms with E-state index in [9.17, 15) is 14.4 Å². The third kappa shape index (κ3) is 39.6. The topological polar surface area (TPSA) is 78.9 Å². The summed E-state index contributed by atoms with van der Waals surface area (Å²) in [5, 5.41) is 0. The lowest BCUT2D eigenvalue weighted by molar-refractivity contribution is -0.167. The molecule has 0 aromatic rings. The summed E-state index contributed by atoms with van der Waals surface area (Å²) in [6.07, 6.45) is 39.8. The quantitative estimate of drug-likeness (QED) is 0.0353. The second-order valence-corrected chi connectivity index (χ2v) is 16.2.